The second kappa shape index (κ2) is 7.29. The topological polar surface area (TPSA) is 92.7 Å². The van der Waals surface area contributed by atoms with Crippen molar-refractivity contribution in [2.24, 2.45) is 0 Å². The average molecular weight is 421 g/mol. The van der Waals surface area contributed by atoms with Crippen molar-refractivity contribution >= 4 is 60.8 Å². The summed E-state index contributed by atoms with van der Waals surface area (Å²) in [4.78, 5) is 35.8. The third-order valence-corrected chi connectivity index (χ3v) is 4.97. The fourth-order valence-corrected chi connectivity index (χ4v) is 3.82. The van der Waals surface area contributed by atoms with Gasteiger partial charge in [0.15, 0.2) is 5.06 Å². The number of hydrogen-bond acceptors (Lipinski definition) is 6. The molecular weight excluding hydrogens is 410 g/mol. The Bertz CT molecular complexity index is 851. The van der Waals surface area contributed by atoms with E-state index in [4.69, 9.17) is 11.6 Å². The maximum absolute atomic E-state index is 12.5. The van der Waals surface area contributed by atoms with Crippen LogP contribution in [-0.4, -0.2) is 30.1 Å². The minimum Gasteiger partial charge on any atom is -0.499 e. The van der Waals surface area contributed by atoms with E-state index in [-0.39, 0.29) is 12.0 Å². The zero-order valence-electron chi connectivity index (χ0n) is 11.8. The molecule has 0 radical (unpaired) electrons. The van der Waals surface area contributed by atoms with Crippen molar-refractivity contribution in [3.05, 3.63) is 37.4 Å². The third-order valence-electron chi connectivity index (χ3n) is 2.82. The van der Waals surface area contributed by atoms with Crippen LogP contribution in [0.15, 0.2) is 21.4 Å². The fraction of sp³-hybridized carbons (Fsp3) is 0.214. The SMILES string of the molecule is CCOC(=O)CNC(=O)c1c(O)sc2c(Br)cc(Cl)cc2c1=O. The van der Waals surface area contributed by atoms with Gasteiger partial charge in [-0.05, 0) is 35.0 Å². The number of hydrogen-bond donors (Lipinski definition) is 2. The maximum atomic E-state index is 12.5. The number of benzene rings is 1. The molecule has 0 bridgehead atoms. The zero-order valence-corrected chi connectivity index (χ0v) is 15.0. The number of halogens is 2. The summed E-state index contributed by atoms with van der Waals surface area (Å²) in [7, 11) is 0. The Morgan fingerprint density at radius 3 is 2.78 bits per heavy atom. The third kappa shape index (κ3) is 3.82. The number of carbonyl (C=O) groups excluding carboxylic acids is 2. The first-order valence-corrected chi connectivity index (χ1v) is 8.42. The molecule has 0 aliphatic heterocycles. The molecule has 0 saturated carbocycles. The first-order valence-electron chi connectivity index (χ1n) is 6.43. The van der Waals surface area contributed by atoms with E-state index in [0.717, 1.165) is 11.3 Å². The van der Waals surface area contributed by atoms with E-state index in [1.165, 1.54) is 6.07 Å². The van der Waals surface area contributed by atoms with Gasteiger partial charge in [0.25, 0.3) is 5.91 Å². The highest BCUT2D eigenvalue weighted by molar-refractivity contribution is 9.10. The molecule has 0 aliphatic rings. The minimum atomic E-state index is -0.852. The summed E-state index contributed by atoms with van der Waals surface area (Å²) >= 11 is 10.0. The van der Waals surface area contributed by atoms with Crippen LogP contribution in [0, 0.1) is 0 Å². The molecule has 0 fully saturated rings. The Morgan fingerprint density at radius 2 is 2.13 bits per heavy atom. The number of ether oxygens (including phenoxy) is 1. The van der Waals surface area contributed by atoms with Gasteiger partial charge in [-0.1, -0.05) is 22.9 Å². The van der Waals surface area contributed by atoms with Gasteiger partial charge in [-0.25, -0.2) is 0 Å². The van der Waals surface area contributed by atoms with Gasteiger partial charge in [0, 0.05) is 14.9 Å². The van der Waals surface area contributed by atoms with Gasteiger partial charge in [-0.15, -0.1) is 0 Å². The molecular formula is C14H11BrClNO5S. The molecule has 1 aromatic heterocycles. The summed E-state index contributed by atoms with van der Waals surface area (Å²) in [6.45, 7) is 1.42. The van der Waals surface area contributed by atoms with Gasteiger partial charge in [-0.3, -0.25) is 14.4 Å². The van der Waals surface area contributed by atoms with Gasteiger partial charge in [0.2, 0.25) is 5.43 Å². The van der Waals surface area contributed by atoms with Gasteiger partial charge < -0.3 is 15.2 Å². The number of fused-ring (bicyclic) bond motifs is 1. The number of aromatic hydroxyl groups is 1. The summed E-state index contributed by atoms with van der Waals surface area (Å²) in [5.74, 6) is -1.49. The number of carbonyl (C=O) groups is 2. The van der Waals surface area contributed by atoms with Crippen LogP contribution in [0.4, 0.5) is 0 Å². The molecule has 9 heteroatoms. The first-order chi connectivity index (χ1) is 10.8. The highest BCUT2D eigenvalue weighted by Crippen LogP contribution is 2.34. The molecule has 23 heavy (non-hydrogen) atoms. The molecule has 2 aromatic rings. The van der Waals surface area contributed by atoms with Gasteiger partial charge in [-0.2, -0.15) is 0 Å². The molecule has 1 heterocycles. The van der Waals surface area contributed by atoms with Crippen molar-refractivity contribution in [1.82, 2.24) is 5.32 Å². The van der Waals surface area contributed by atoms with Gasteiger partial charge >= 0.3 is 5.97 Å². The number of esters is 1. The van der Waals surface area contributed by atoms with Gasteiger partial charge in [0.05, 0.1) is 11.3 Å². The quantitative estimate of drug-likeness (QED) is 0.742. The fourth-order valence-electron chi connectivity index (χ4n) is 1.87. The van der Waals surface area contributed by atoms with Crippen LogP contribution in [0.3, 0.4) is 0 Å². The lowest BCUT2D eigenvalue weighted by Gasteiger charge is -2.08. The molecule has 0 saturated heterocycles. The molecule has 6 nitrogen and oxygen atoms in total. The Morgan fingerprint density at radius 1 is 1.43 bits per heavy atom. The number of amides is 1. The Labute approximate surface area is 148 Å². The Balaban J connectivity index is 2.43. The lowest BCUT2D eigenvalue weighted by Crippen LogP contribution is -2.33. The number of nitrogens with one attached hydrogen (secondary N) is 1. The highest BCUT2D eigenvalue weighted by atomic mass is 79.9. The van der Waals surface area contributed by atoms with Crippen LogP contribution < -0.4 is 10.7 Å². The van der Waals surface area contributed by atoms with Crippen LogP contribution in [0.5, 0.6) is 5.06 Å². The number of rotatable bonds is 4. The predicted octanol–water partition coefficient (Wildman–Crippen LogP) is 2.68. The summed E-state index contributed by atoms with van der Waals surface area (Å²) in [5.41, 5.74) is -1.10. The summed E-state index contributed by atoms with van der Waals surface area (Å²) < 4.78 is 5.68. The van der Waals surface area contributed by atoms with E-state index < -0.39 is 34.5 Å². The van der Waals surface area contributed by atoms with Crippen LogP contribution in [-0.2, 0) is 9.53 Å². The lowest BCUT2D eigenvalue weighted by atomic mass is 10.2. The molecule has 0 atom stereocenters. The molecule has 1 amide bonds. The maximum Gasteiger partial charge on any atom is 0.325 e. The standard InChI is InChI=1S/C14H11BrClNO5S/c1-2-22-9(18)5-17-13(20)10-11(19)7-3-6(16)4-8(15)12(7)23-14(10)21/h3-4,21H,2,5H2,1H3,(H,17,20). The van der Waals surface area contributed by atoms with Crippen LogP contribution >= 0.6 is 38.9 Å². The van der Waals surface area contributed by atoms with E-state index in [9.17, 15) is 19.5 Å². The summed E-state index contributed by atoms with van der Waals surface area (Å²) in [6.07, 6.45) is 0. The van der Waals surface area contributed by atoms with Crippen molar-refractivity contribution < 1.29 is 19.4 Å². The molecule has 1 aromatic carbocycles. The van der Waals surface area contributed by atoms with Crippen molar-refractivity contribution in [2.45, 2.75) is 6.92 Å². The van der Waals surface area contributed by atoms with E-state index in [1.54, 1.807) is 13.0 Å². The minimum absolute atomic E-state index is 0.178. The monoisotopic (exact) mass is 419 g/mol. The molecule has 2 N–H and O–H groups in total. The molecule has 122 valence electrons. The second-order valence-electron chi connectivity index (χ2n) is 4.36. The zero-order chi connectivity index (χ0) is 17.1. The summed E-state index contributed by atoms with van der Waals surface area (Å²) in [5, 5.41) is 12.3. The molecule has 2 rings (SSSR count). The van der Waals surface area contributed by atoms with Gasteiger partial charge in [0.1, 0.15) is 12.1 Å². The van der Waals surface area contributed by atoms with E-state index in [1.807, 2.05) is 0 Å². The molecule has 0 spiro atoms. The first kappa shape index (κ1) is 17.7. The van der Waals surface area contributed by atoms with Crippen LogP contribution in [0.1, 0.15) is 17.3 Å². The molecule has 0 aliphatic carbocycles. The second-order valence-corrected chi connectivity index (χ2v) is 6.65. The van der Waals surface area contributed by atoms with Crippen molar-refractivity contribution in [3.63, 3.8) is 0 Å². The molecule has 0 unspecified atom stereocenters. The van der Waals surface area contributed by atoms with E-state index in [0.29, 0.717) is 14.2 Å². The van der Waals surface area contributed by atoms with Crippen molar-refractivity contribution in [3.8, 4) is 5.06 Å². The van der Waals surface area contributed by atoms with Crippen molar-refractivity contribution in [1.29, 1.82) is 0 Å². The smallest absolute Gasteiger partial charge is 0.325 e. The van der Waals surface area contributed by atoms with Crippen molar-refractivity contribution in [2.75, 3.05) is 13.2 Å². The highest BCUT2D eigenvalue weighted by Gasteiger charge is 2.21. The normalized spacial score (nSPS) is 10.6. The van der Waals surface area contributed by atoms with E-state index in [2.05, 4.69) is 26.0 Å². The average Bonchev–Trinajstić information content (AvgIpc) is 2.47. The largest absolute Gasteiger partial charge is 0.499 e. The van der Waals surface area contributed by atoms with E-state index >= 15 is 0 Å². The lowest BCUT2D eigenvalue weighted by molar-refractivity contribution is -0.141. The van der Waals surface area contributed by atoms with Crippen LogP contribution in [0.25, 0.3) is 10.1 Å². The predicted molar refractivity (Wildman–Crippen MR) is 91.4 cm³/mol. The van der Waals surface area contributed by atoms with Crippen LogP contribution in [0.2, 0.25) is 5.02 Å². The summed E-state index contributed by atoms with van der Waals surface area (Å²) in [6, 6.07) is 3.00. The Hall–Kier alpha value is -1.64. The Kier molecular flexibility index (Phi) is 5.61.